The first kappa shape index (κ1) is 16.9. The Labute approximate surface area is 134 Å². The molecule has 0 bridgehead atoms. The monoisotopic (exact) mass is 319 g/mol. The van der Waals surface area contributed by atoms with E-state index < -0.39 is 0 Å². The highest BCUT2D eigenvalue weighted by molar-refractivity contribution is 5.92. The number of amides is 1. The van der Waals surface area contributed by atoms with Crippen LogP contribution in [0.2, 0.25) is 0 Å². The molecule has 0 atom stereocenters. The fourth-order valence-corrected chi connectivity index (χ4v) is 2.06. The zero-order valence-electron chi connectivity index (χ0n) is 13.8. The van der Waals surface area contributed by atoms with Gasteiger partial charge < -0.3 is 9.42 Å². The second kappa shape index (κ2) is 7.17. The zero-order valence-corrected chi connectivity index (χ0v) is 13.8. The Hall–Kier alpha value is -2.51. The summed E-state index contributed by atoms with van der Waals surface area (Å²) in [7, 11) is 1.51. The van der Waals surface area contributed by atoms with Gasteiger partial charge in [-0.1, -0.05) is 19.0 Å². The molecule has 0 aliphatic carbocycles. The van der Waals surface area contributed by atoms with E-state index in [1.165, 1.54) is 19.2 Å². The number of carbonyl (C=O) groups excluding carboxylic acids is 1. The van der Waals surface area contributed by atoms with Gasteiger partial charge >= 0.3 is 0 Å². The fraction of sp³-hybridized carbons (Fsp3) is 0.533. The van der Waals surface area contributed by atoms with Crippen molar-refractivity contribution in [2.45, 2.75) is 33.7 Å². The molecule has 0 radical (unpaired) electrons. The highest BCUT2D eigenvalue weighted by Gasteiger charge is 2.19. The molecule has 2 rings (SSSR count). The summed E-state index contributed by atoms with van der Waals surface area (Å²) in [6.45, 7) is 6.70. The minimum Gasteiger partial charge on any atom is -0.339 e. The molecule has 2 aromatic heterocycles. The molecule has 1 amide bonds. The lowest BCUT2D eigenvalue weighted by molar-refractivity contribution is 0.0738. The van der Waals surface area contributed by atoms with E-state index in [1.807, 2.05) is 6.92 Å². The fourth-order valence-electron chi connectivity index (χ4n) is 2.06. The van der Waals surface area contributed by atoms with Crippen molar-refractivity contribution in [1.29, 1.82) is 0 Å². The van der Waals surface area contributed by atoms with Crippen LogP contribution in [0.1, 0.15) is 43.0 Å². The lowest BCUT2D eigenvalue weighted by atomic mass is 10.1. The van der Waals surface area contributed by atoms with Gasteiger partial charge in [0, 0.05) is 26.1 Å². The lowest BCUT2D eigenvalue weighted by Gasteiger charge is -2.18. The van der Waals surface area contributed by atoms with E-state index in [9.17, 15) is 9.59 Å². The van der Waals surface area contributed by atoms with Crippen LogP contribution in [-0.4, -0.2) is 37.3 Å². The molecule has 0 aliphatic rings. The number of carbonyl (C=O) groups is 1. The quantitative estimate of drug-likeness (QED) is 0.789. The maximum atomic E-state index is 12.5. The van der Waals surface area contributed by atoms with Crippen LogP contribution in [0.15, 0.2) is 21.5 Å². The van der Waals surface area contributed by atoms with E-state index in [4.69, 9.17) is 4.52 Å². The summed E-state index contributed by atoms with van der Waals surface area (Å²) in [6.07, 6.45) is 0.704. The molecule has 0 saturated carbocycles. The molecule has 0 spiro atoms. The maximum Gasteiger partial charge on any atom is 0.274 e. The Morgan fingerprint density at radius 3 is 2.74 bits per heavy atom. The summed E-state index contributed by atoms with van der Waals surface area (Å²) in [5.74, 6) is 1.17. The third-order valence-electron chi connectivity index (χ3n) is 3.27. The first-order chi connectivity index (χ1) is 10.9. The summed E-state index contributed by atoms with van der Waals surface area (Å²) in [4.78, 5) is 29.7. The van der Waals surface area contributed by atoms with Crippen molar-refractivity contribution in [3.05, 3.63) is 39.9 Å². The highest BCUT2D eigenvalue weighted by atomic mass is 16.5. The van der Waals surface area contributed by atoms with E-state index in [2.05, 4.69) is 29.1 Å². The number of hydrogen-bond acceptors (Lipinski definition) is 6. The molecule has 0 aliphatic heterocycles. The number of nitrogens with zero attached hydrogens (tertiary/aromatic N) is 5. The zero-order chi connectivity index (χ0) is 17.0. The predicted octanol–water partition coefficient (Wildman–Crippen LogP) is 1.02. The number of aryl methyl sites for hydroxylation is 1. The third-order valence-corrected chi connectivity index (χ3v) is 3.27. The molecule has 8 heteroatoms. The topological polar surface area (TPSA) is 94.1 Å². The molecule has 0 unspecified atom stereocenters. The van der Waals surface area contributed by atoms with Gasteiger partial charge in [0.25, 0.3) is 11.5 Å². The SMILES string of the molecule is CCN(Cc1noc(CC(C)C)n1)C(=O)c1ccc(=O)n(C)n1. The van der Waals surface area contributed by atoms with Crippen LogP contribution >= 0.6 is 0 Å². The van der Waals surface area contributed by atoms with Crippen LogP contribution < -0.4 is 5.56 Å². The predicted molar refractivity (Wildman–Crippen MR) is 82.7 cm³/mol. The van der Waals surface area contributed by atoms with E-state index in [-0.39, 0.29) is 23.7 Å². The molecular weight excluding hydrogens is 298 g/mol. The molecule has 0 aromatic carbocycles. The first-order valence-electron chi connectivity index (χ1n) is 7.55. The number of hydrogen-bond donors (Lipinski definition) is 0. The van der Waals surface area contributed by atoms with Gasteiger partial charge in [-0.2, -0.15) is 10.1 Å². The van der Waals surface area contributed by atoms with Gasteiger partial charge in [0.15, 0.2) is 5.82 Å². The van der Waals surface area contributed by atoms with Crippen molar-refractivity contribution in [3.8, 4) is 0 Å². The highest BCUT2D eigenvalue weighted by Crippen LogP contribution is 2.09. The minimum atomic E-state index is -0.279. The molecule has 23 heavy (non-hydrogen) atoms. The molecule has 0 N–H and O–H groups in total. The summed E-state index contributed by atoms with van der Waals surface area (Å²) in [5, 5.41) is 7.89. The Morgan fingerprint density at radius 1 is 1.39 bits per heavy atom. The lowest BCUT2D eigenvalue weighted by Crippen LogP contribution is -2.33. The normalized spacial score (nSPS) is 11.0. The van der Waals surface area contributed by atoms with Gasteiger partial charge in [0.05, 0.1) is 6.54 Å². The van der Waals surface area contributed by atoms with Crippen molar-refractivity contribution in [2.75, 3.05) is 6.54 Å². The van der Waals surface area contributed by atoms with Crippen LogP contribution in [0, 0.1) is 5.92 Å². The third kappa shape index (κ3) is 4.24. The van der Waals surface area contributed by atoms with Gasteiger partial charge in [0.2, 0.25) is 5.89 Å². The van der Waals surface area contributed by atoms with Gasteiger partial charge in [0.1, 0.15) is 5.69 Å². The Bertz CT molecular complexity index is 735. The van der Waals surface area contributed by atoms with Gasteiger partial charge in [-0.25, -0.2) is 4.68 Å². The van der Waals surface area contributed by atoms with E-state index in [0.29, 0.717) is 30.6 Å². The summed E-state index contributed by atoms with van der Waals surface area (Å²) in [6, 6.07) is 2.75. The first-order valence-corrected chi connectivity index (χ1v) is 7.55. The molecule has 2 heterocycles. The van der Waals surface area contributed by atoms with Crippen LogP contribution in [-0.2, 0) is 20.0 Å². The molecule has 0 fully saturated rings. The van der Waals surface area contributed by atoms with Gasteiger partial charge in [-0.15, -0.1) is 0 Å². The largest absolute Gasteiger partial charge is 0.339 e. The molecule has 8 nitrogen and oxygen atoms in total. The maximum absolute atomic E-state index is 12.5. The standard InChI is InChI=1S/C15H21N5O3/c1-5-20(9-12-16-13(23-18-12)8-10(2)3)15(22)11-6-7-14(21)19(4)17-11/h6-7,10H,5,8-9H2,1-4H3. The number of rotatable bonds is 6. The second-order valence-electron chi connectivity index (χ2n) is 5.70. The Kier molecular flexibility index (Phi) is 5.25. The van der Waals surface area contributed by atoms with Crippen molar-refractivity contribution < 1.29 is 9.32 Å². The molecule has 124 valence electrons. The van der Waals surface area contributed by atoms with Crippen molar-refractivity contribution in [1.82, 2.24) is 24.8 Å². The van der Waals surface area contributed by atoms with Crippen LogP contribution in [0.25, 0.3) is 0 Å². The Morgan fingerprint density at radius 2 is 2.13 bits per heavy atom. The van der Waals surface area contributed by atoms with Crippen molar-refractivity contribution in [2.24, 2.45) is 13.0 Å². The van der Waals surface area contributed by atoms with Crippen LogP contribution in [0.3, 0.4) is 0 Å². The van der Waals surface area contributed by atoms with Crippen LogP contribution in [0.4, 0.5) is 0 Å². The van der Waals surface area contributed by atoms with Crippen molar-refractivity contribution in [3.63, 3.8) is 0 Å². The molecular formula is C15H21N5O3. The molecule has 0 saturated heterocycles. The summed E-state index contributed by atoms with van der Waals surface area (Å²) < 4.78 is 6.32. The van der Waals surface area contributed by atoms with E-state index in [1.54, 1.807) is 4.90 Å². The van der Waals surface area contributed by atoms with Crippen LogP contribution in [0.5, 0.6) is 0 Å². The Balaban J connectivity index is 2.12. The van der Waals surface area contributed by atoms with Gasteiger partial charge in [-0.05, 0) is 18.9 Å². The molecule has 2 aromatic rings. The van der Waals surface area contributed by atoms with E-state index >= 15 is 0 Å². The second-order valence-corrected chi connectivity index (χ2v) is 5.70. The summed E-state index contributed by atoms with van der Waals surface area (Å²) >= 11 is 0. The minimum absolute atomic E-state index is 0.208. The van der Waals surface area contributed by atoms with Crippen molar-refractivity contribution >= 4 is 5.91 Å². The smallest absolute Gasteiger partial charge is 0.274 e. The summed E-state index contributed by atoms with van der Waals surface area (Å²) in [5.41, 5.74) is -0.0547. The van der Waals surface area contributed by atoms with Gasteiger partial charge in [-0.3, -0.25) is 9.59 Å². The number of aromatic nitrogens is 4. The average molecular weight is 319 g/mol. The van der Waals surface area contributed by atoms with E-state index in [0.717, 1.165) is 4.68 Å². The average Bonchev–Trinajstić information content (AvgIpc) is 2.93.